The number of hydrogen-bond donors (Lipinski definition) is 1. The van der Waals surface area contributed by atoms with Gasteiger partial charge in [-0.15, -0.1) is 11.3 Å². The van der Waals surface area contributed by atoms with Crippen molar-refractivity contribution >= 4 is 37.6 Å². The monoisotopic (exact) mass is 377 g/mol. The van der Waals surface area contributed by atoms with Crippen molar-refractivity contribution in [3.8, 4) is 0 Å². The van der Waals surface area contributed by atoms with E-state index in [1.807, 2.05) is 18.3 Å². The molecule has 0 aliphatic carbocycles. The lowest BCUT2D eigenvalue weighted by atomic mass is 9.95. The second kappa shape index (κ2) is 6.21. The molecule has 0 saturated heterocycles. The second-order valence-corrected chi connectivity index (χ2v) is 8.39. The fourth-order valence-electron chi connectivity index (χ4n) is 3.40. The SMILES string of the molecule is CC1(C)Cc2nc3sc4c(NCc5cccnc5)ncnc4c3cc2CO1. The number of fused-ring (bicyclic) bond motifs is 4. The Bertz CT molecular complexity index is 1140. The third kappa shape index (κ3) is 3.02. The van der Waals surface area contributed by atoms with Crippen LogP contribution in [0.25, 0.3) is 20.4 Å². The van der Waals surface area contributed by atoms with Crippen molar-refractivity contribution in [2.45, 2.75) is 39.0 Å². The minimum Gasteiger partial charge on any atom is -0.370 e. The van der Waals surface area contributed by atoms with Crippen LogP contribution in [-0.4, -0.2) is 25.5 Å². The first-order valence-electron chi connectivity index (χ1n) is 8.92. The minimum absolute atomic E-state index is 0.166. The van der Waals surface area contributed by atoms with Gasteiger partial charge >= 0.3 is 0 Å². The van der Waals surface area contributed by atoms with Crippen LogP contribution in [0.5, 0.6) is 0 Å². The first kappa shape index (κ1) is 16.5. The first-order chi connectivity index (χ1) is 13.1. The molecule has 0 radical (unpaired) electrons. The molecule has 6 nitrogen and oxygen atoms in total. The van der Waals surface area contributed by atoms with Gasteiger partial charge in [0.1, 0.15) is 17.0 Å². The van der Waals surface area contributed by atoms with Crippen LogP contribution in [-0.2, 0) is 24.3 Å². The molecule has 7 heteroatoms. The molecule has 0 amide bonds. The Morgan fingerprint density at radius 3 is 3.07 bits per heavy atom. The lowest BCUT2D eigenvalue weighted by Gasteiger charge is -2.30. The summed E-state index contributed by atoms with van der Waals surface area (Å²) in [5.74, 6) is 0.835. The van der Waals surface area contributed by atoms with Crippen LogP contribution in [0.1, 0.15) is 30.7 Å². The molecule has 27 heavy (non-hydrogen) atoms. The summed E-state index contributed by atoms with van der Waals surface area (Å²) in [6.07, 6.45) is 6.06. The summed E-state index contributed by atoms with van der Waals surface area (Å²) in [5, 5.41) is 4.49. The summed E-state index contributed by atoms with van der Waals surface area (Å²) >= 11 is 1.64. The van der Waals surface area contributed by atoms with Crippen LogP contribution in [0, 0.1) is 0 Å². The van der Waals surface area contributed by atoms with E-state index in [9.17, 15) is 0 Å². The zero-order valence-electron chi connectivity index (χ0n) is 15.2. The number of aromatic nitrogens is 4. The van der Waals surface area contributed by atoms with Crippen LogP contribution in [0.4, 0.5) is 5.82 Å². The summed E-state index contributed by atoms with van der Waals surface area (Å²) in [4.78, 5) is 19.1. The van der Waals surface area contributed by atoms with E-state index < -0.39 is 0 Å². The van der Waals surface area contributed by atoms with E-state index in [0.29, 0.717) is 13.2 Å². The molecule has 1 aliphatic heterocycles. The van der Waals surface area contributed by atoms with Gasteiger partial charge in [-0.05, 0) is 31.5 Å². The van der Waals surface area contributed by atoms with Gasteiger partial charge in [0.2, 0.25) is 0 Å². The number of ether oxygens (including phenoxy) is 1. The van der Waals surface area contributed by atoms with E-state index in [1.54, 1.807) is 23.9 Å². The summed E-state index contributed by atoms with van der Waals surface area (Å²) < 4.78 is 6.99. The Kier molecular flexibility index (Phi) is 3.80. The minimum atomic E-state index is -0.166. The van der Waals surface area contributed by atoms with E-state index in [1.165, 1.54) is 0 Å². The maximum Gasteiger partial charge on any atom is 0.147 e. The molecule has 0 spiro atoms. The Balaban J connectivity index is 1.56. The zero-order valence-corrected chi connectivity index (χ0v) is 16.0. The third-order valence-corrected chi connectivity index (χ3v) is 5.90. The Labute approximate surface area is 160 Å². The van der Waals surface area contributed by atoms with Gasteiger partial charge in [-0.25, -0.2) is 15.0 Å². The molecule has 5 heterocycles. The highest BCUT2D eigenvalue weighted by Crippen LogP contribution is 2.38. The van der Waals surface area contributed by atoms with Gasteiger partial charge in [0.05, 0.1) is 28.1 Å². The summed E-state index contributed by atoms with van der Waals surface area (Å²) in [6, 6.07) is 6.16. The van der Waals surface area contributed by atoms with Crippen LogP contribution >= 0.6 is 11.3 Å². The van der Waals surface area contributed by atoms with Crippen molar-refractivity contribution < 1.29 is 4.74 Å². The number of hydrogen-bond acceptors (Lipinski definition) is 7. The molecule has 0 aromatic carbocycles. The Morgan fingerprint density at radius 2 is 2.22 bits per heavy atom. The molecule has 0 fully saturated rings. The highest BCUT2D eigenvalue weighted by molar-refractivity contribution is 7.25. The van der Waals surface area contributed by atoms with Gasteiger partial charge in [0, 0.05) is 36.3 Å². The molecule has 0 bridgehead atoms. The van der Waals surface area contributed by atoms with Crippen LogP contribution in [0.2, 0.25) is 0 Å². The summed E-state index contributed by atoms with van der Waals surface area (Å²) in [5.41, 5.74) is 4.17. The van der Waals surface area contributed by atoms with Gasteiger partial charge in [-0.1, -0.05) is 6.07 Å². The maximum atomic E-state index is 5.95. The van der Waals surface area contributed by atoms with Gasteiger partial charge in [-0.3, -0.25) is 4.98 Å². The Morgan fingerprint density at radius 1 is 1.30 bits per heavy atom. The molecular formula is C20H19N5OS. The fraction of sp³-hybridized carbons (Fsp3) is 0.300. The van der Waals surface area contributed by atoms with E-state index in [4.69, 9.17) is 9.72 Å². The lowest BCUT2D eigenvalue weighted by Crippen LogP contribution is -2.32. The highest BCUT2D eigenvalue weighted by Gasteiger charge is 2.28. The van der Waals surface area contributed by atoms with Gasteiger partial charge < -0.3 is 10.1 Å². The molecule has 0 unspecified atom stereocenters. The first-order valence-corrected chi connectivity index (χ1v) is 9.73. The summed E-state index contributed by atoms with van der Waals surface area (Å²) in [6.45, 7) is 5.48. The molecule has 0 saturated carbocycles. The number of rotatable bonds is 3. The van der Waals surface area contributed by atoms with Crippen molar-refractivity contribution in [2.75, 3.05) is 5.32 Å². The van der Waals surface area contributed by atoms with Crippen molar-refractivity contribution in [3.63, 3.8) is 0 Å². The fourth-order valence-corrected chi connectivity index (χ4v) is 4.50. The van der Waals surface area contributed by atoms with Gasteiger partial charge in [-0.2, -0.15) is 0 Å². The van der Waals surface area contributed by atoms with E-state index in [0.717, 1.165) is 49.5 Å². The predicted octanol–water partition coefficient (Wildman–Crippen LogP) is 4.10. The average molecular weight is 377 g/mol. The van der Waals surface area contributed by atoms with Crippen molar-refractivity contribution in [1.82, 2.24) is 19.9 Å². The molecule has 1 aliphatic rings. The lowest BCUT2D eigenvalue weighted by molar-refractivity contribution is -0.0411. The van der Waals surface area contributed by atoms with Gasteiger partial charge in [0.15, 0.2) is 0 Å². The predicted molar refractivity (Wildman–Crippen MR) is 107 cm³/mol. The van der Waals surface area contributed by atoms with Crippen molar-refractivity contribution in [3.05, 3.63) is 53.7 Å². The number of pyridine rings is 2. The molecule has 1 N–H and O–H groups in total. The topological polar surface area (TPSA) is 72.8 Å². The number of thiophene rings is 1. The van der Waals surface area contributed by atoms with Crippen LogP contribution < -0.4 is 5.32 Å². The molecule has 0 atom stereocenters. The van der Waals surface area contributed by atoms with E-state index >= 15 is 0 Å². The van der Waals surface area contributed by atoms with Crippen molar-refractivity contribution in [2.24, 2.45) is 0 Å². The average Bonchev–Trinajstić information content (AvgIpc) is 3.03. The molecule has 4 aromatic rings. The molecular weight excluding hydrogens is 358 g/mol. The maximum absolute atomic E-state index is 5.95. The molecule has 136 valence electrons. The number of nitrogens with one attached hydrogen (secondary N) is 1. The van der Waals surface area contributed by atoms with Crippen LogP contribution in [0.3, 0.4) is 0 Å². The largest absolute Gasteiger partial charge is 0.370 e. The van der Waals surface area contributed by atoms with E-state index in [2.05, 4.69) is 40.2 Å². The van der Waals surface area contributed by atoms with Crippen molar-refractivity contribution in [1.29, 1.82) is 0 Å². The van der Waals surface area contributed by atoms with Gasteiger partial charge in [0.25, 0.3) is 0 Å². The highest BCUT2D eigenvalue weighted by atomic mass is 32.1. The smallest absolute Gasteiger partial charge is 0.147 e. The van der Waals surface area contributed by atoms with E-state index in [-0.39, 0.29) is 5.60 Å². The number of anilines is 1. The molecule has 5 rings (SSSR count). The normalized spacial score (nSPS) is 15.8. The second-order valence-electron chi connectivity index (χ2n) is 7.39. The zero-order chi connectivity index (χ0) is 18.4. The van der Waals surface area contributed by atoms with Crippen LogP contribution in [0.15, 0.2) is 36.9 Å². The quantitative estimate of drug-likeness (QED) is 0.579. The standard InChI is InChI=1S/C20H19N5OS/c1-20(2)7-15-13(10-26-20)6-14-16-17(27-19(14)25-15)18(24-11-23-16)22-9-12-4-3-5-21-8-12/h3-6,8,11H,7,9-10H2,1-2H3,(H,22,23,24). The molecule has 4 aromatic heterocycles. The Hall–Kier alpha value is -2.64. The summed E-state index contributed by atoms with van der Waals surface area (Å²) in [7, 11) is 0. The number of nitrogens with zero attached hydrogens (tertiary/aromatic N) is 4. The third-order valence-electron chi connectivity index (χ3n) is 4.81.